The van der Waals surface area contributed by atoms with Gasteiger partial charge in [-0.3, -0.25) is 9.59 Å². The number of hydrogen-bond acceptors (Lipinski definition) is 3. The van der Waals surface area contributed by atoms with Crippen molar-refractivity contribution in [1.82, 2.24) is 0 Å². The van der Waals surface area contributed by atoms with Crippen LogP contribution in [0.4, 0.5) is 24.5 Å². The molecule has 3 rings (SSSR count). The zero-order valence-electron chi connectivity index (χ0n) is 16.8. The number of para-hydroxylation sites is 1. The second-order valence-electron chi connectivity index (χ2n) is 6.78. The van der Waals surface area contributed by atoms with Crippen molar-refractivity contribution in [2.75, 3.05) is 17.2 Å². The first-order valence-corrected chi connectivity index (χ1v) is 9.78. The highest BCUT2D eigenvalue weighted by Gasteiger charge is 2.30. The maximum atomic E-state index is 12.8. The molecule has 0 aliphatic heterocycles. The van der Waals surface area contributed by atoms with Crippen LogP contribution in [0, 0.1) is 6.92 Å². The molecular formula is C23H18ClF3N2O3. The molecule has 166 valence electrons. The second-order valence-corrected chi connectivity index (χ2v) is 7.19. The van der Waals surface area contributed by atoms with Crippen LogP contribution in [-0.4, -0.2) is 18.4 Å². The van der Waals surface area contributed by atoms with Crippen LogP contribution in [0.5, 0.6) is 5.75 Å². The topological polar surface area (TPSA) is 67.4 Å². The molecule has 3 aromatic rings. The summed E-state index contributed by atoms with van der Waals surface area (Å²) in [7, 11) is 0. The summed E-state index contributed by atoms with van der Waals surface area (Å²) in [5, 5.41) is 5.59. The summed E-state index contributed by atoms with van der Waals surface area (Å²) >= 11 is 6.08. The van der Waals surface area contributed by atoms with E-state index < -0.39 is 30.2 Å². The highest BCUT2D eigenvalue weighted by atomic mass is 35.5. The summed E-state index contributed by atoms with van der Waals surface area (Å²) in [6.45, 7) is 1.26. The van der Waals surface area contributed by atoms with Gasteiger partial charge < -0.3 is 15.4 Å². The molecular weight excluding hydrogens is 445 g/mol. The fourth-order valence-electron chi connectivity index (χ4n) is 2.83. The van der Waals surface area contributed by atoms with Crippen molar-refractivity contribution in [3.8, 4) is 5.75 Å². The number of amides is 2. The second kappa shape index (κ2) is 9.74. The molecule has 0 atom stereocenters. The number of carbonyl (C=O) groups is 2. The molecule has 0 aliphatic rings. The molecule has 2 amide bonds. The van der Waals surface area contributed by atoms with Gasteiger partial charge in [-0.1, -0.05) is 35.9 Å². The first kappa shape index (κ1) is 23.1. The van der Waals surface area contributed by atoms with E-state index in [9.17, 15) is 22.8 Å². The van der Waals surface area contributed by atoms with Crippen LogP contribution in [0.2, 0.25) is 5.02 Å². The van der Waals surface area contributed by atoms with E-state index in [-0.39, 0.29) is 17.0 Å². The number of benzene rings is 3. The van der Waals surface area contributed by atoms with Crippen molar-refractivity contribution in [3.05, 3.63) is 88.4 Å². The Hall–Kier alpha value is -3.52. The van der Waals surface area contributed by atoms with Gasteiger partial charge in [0, 0.05) is 16.4 Å². The van der Waals surface area contributed by atoms with Gasteiger partial charge in [0.2, 0.25) is 0 Å². The minimum Gasteiger partial charge on any atom is -0.483 e. The molecule has 0 radical (unpaired) electrons. The highest BCUT2D eigenvalue weighted by Crippen LogP contribution is 2.30. The van der Waals surface area contributed by atoms with Gasteiger partial charge in [0.25, 0.3) is 11.8 Å². The number of nitrogens with one attached hydrogen (secondary N) is 2. The lowest BCUT2D eigenvalue weighted by Gasteiger charge is -2.14. The molecule has 0 aromatic heterocycles. The van der Waals surface area contributed by atoms with Crippen molar-refractivity contribution in [1.29, 1.82) is 0 Å². The fraction of sp³-hybridized carbons (Fsp3) is 0.130. The van der Waals surface area contributed by atoms with E-state index in [1.54, 1.807) is 37.3 Å². The number of alkyl halides is 3. The molecule has 32 heavy (non-hydrogen) atoms. The van der Waals surface area contributed by atoms with Gasteiger partial charge in [0.15, 0.2) is 6.61 Å². The summed E-state index contributed by atoms with van der Waals surface area (Å²) < 4.78 is 43.9. The van der Waals surface area contributed by atoms with Crippen LogP contribution >= 0.6 is 11.6 Å². The smallest absolute Gasteiger partial charge is 0.416 e. The SMILES string of the molecule is Cc1c(Cl)cccc1NC(=O)c1ccccc1OCC(=O)Nc1cccc(C(F)(F)F)c1. The molecule has 0 saturated heterocycles. The number of anilines is 2. The molecule has 0 heterocycles. The minimum atomic E-state index is -4.52. The molecule has 0 bridgehead atoms. The van der Waals surface area contributed by atoms with E-state index in [1.807, 2.05) is 0 Å². The molecule has 5 nitrogen and oxygen atoms in total. The molecule has 0 unspecified atom stereocenters. The molecule has 0 aliphatic carbocycles. The van der Waals surface area contributed by atoms with Gasteiger partial charge in [0.05, 0.1) is 11.1 Å². The summed E-state index contributed by atoms with van der Waals surface area (Å²) in [4.78, 5) is 24.9. The third-order valence-corrected chi connectivity index (χ3v) is 4.89. The lowest BCUT2D eigenvalue weighted by molar-refractivity contribution is -0.137. The number of ether oxygens (including phenoxy) is 1. The molecule has 0 fully saturated rings. The van der Waals surface area contributed by atoms with Crippen molar-refractivity contribution >= 4 is 34.8 Å². The number of halogens is 4. The minimum absolute atomic E-state index is 0.0177. The van der Waals surface area contributed by atoms with Gasteiger partial charge in [-0.2, -0.15) is 13.2 Å². The Morgan fingerprint density at radius 1 is 0.969 bits per heavy atom. The Labute approximate surface area is 187 Å². The van der Waals surface area contributed by atoms with E-state index in [0.29, 0.717) is 16.3 Å². The monoisotopic (exact) mass is 462 g/mol. The Morgan fingerprint density at radius 3 is 2.44 bits per heavy atom. The van der Waals surface area contributed by atoms with Crippen molar-refractivity contribution in [3.63, 3.8) is 0 Å². The third kappa shape index (κ3) is 5.79. The predicted molar refractivity (Wildman–Crippen MR) is 116 cm³/mol. The van der Waals surface area contributed by atoms with Crippen LogP contribution in [0.3, 0.4) is 0 Å². The zero-order chi connectivity index (χ0) is 23.3. The largest absolute Gasteiger partial charge is 0.483 e. The van der Waals surface area contributed by atoms with Crippen molar-refractivity contribution in [2.45, 2.75) is 13.1 Å². The van der Waals surface area contributed by atoms with Crippen molar-refractivity contribution in [2.24, 2.45) is 0 Å². The Bertz CT molecular complexity index is 1150. The summed E-state index contributed by atoms with van der Waals surface area (Å²) in [6, 6.07) is 15.7. The van der Waals surface area contributed by atoms with Crippen LogP contribution < -0.4 is 15.4 Å². The lowest BCUT2D eigenvalue weighted by Crippen LogP contribution is -2.22. The van der Waals surface area contributed by atoms with Gasteiger partial charge in [-0.25, -0.2) is 0 Å². The van der Waals surface area contributed by atoms with E-state index in [1.165, 1.54) is 24.3 Å². The average Bonchev–Trinajstić information content (AvgIpc) is 2.75. The standard InChI is InChI=1S/C23H18ClF3N2O3/c1-14-18(24)9-5-10-19(14)29-22(31)17-8-2-3-11-20(17)32-13-21(30)28-16-7-4-6-15(12-16)23(25,26)27/h2-12H,13H2,1H3,(H,28,30)(H,29,31). The molecule has 0 saturated carbocycles. The highest BCUT2D eigenvalue weighted by molar-refractivity contribution is 6.31. The van der Waals surface area contributed by atoms with E-state index in [2.05, 4.69) is 10.6 Å². The predicted octanol–water partition coefficient (Wildman–Crippen LogP) is 5.94. The summed E-state index contributed by atoms with van der Waals surface area (Å²) in [6.07, 6.45) is -4.52. The third-order valence-electron chi connectivity index (χ3n) is 4.48. The Balaban J connectivity index is 1.67. The normalized spacial score (nSPS) is 11.0. The van der Waals surface area contributed by atoms with Crippen LogP contribution in [-0.2, 0) is 11.0 Å². The van der Waals surface area contributed by atoms with Gasteiger partial charge in [-0.05, 0) is 55.0 Å². The van der Waals surface area contributed by atoms with Gasteiger partial charge in [-0.15, -0.1) is 0 Å². The number of carbonyl (C=O) groups excluding carboxylic acids is 2. The van der Waals surface area contributed by atoms with Gasteiger partial charge >= 0.3 is 6.18 Å². The van der Waals surface area contributed by atoms with Crippen LogP contribution in [0.15, 0.2) is 66.7 Å². The summed E-state index contributed by atoms with van der Waals surface area (Å²) in [5.74, 6) is -1.00. The van der Waals surface area contributed by atoms with E-state index in [0.717, 1.165) is 12.1 Å². The van der Waals surface area contributed by atoms with Crippen LogP contribution in [0.1, 0.15) is 21.5 Å². The maximum absolute atomic E-state index is 12.8. The number of hydrogen-bond donors (Lipinski definition) is 2. The Kier molecular flexibility index (Phi) is 7.05. The quantitative estimate of drug-likeness (QED) is 0.476. The summed E-state index contributed by atoms with van der Waals surface area (Å²) in [5.41, 5.74) is 0.505. The molecule has 3 aromatic carbocycles. The Morgan fingerprint density at radius 2 is 1.69 bits per heavy atom. The molecule has 0 spiro atoms. The maximum Gasteiger partial charge on any atom is 0.416 e. The van der Waals surface area contributed by atoms with E-state index >= 15 is 0 Å². The van der Waals surface area contributed by atoms with E-state index in [4.69, 9.17) is 16.3 Å². The van der Waals surface area contributed by atoms with Gasteiger partial charge in [0.1, 0.15) is 5.75 Å². The zero-order valence-corrected chi connectivity index (χ0v) is 17.6. The van der Waals surface area contributed by atoms with Crippen molar-refractivity contribution < 1.29 is 27.5 Å². The molecule has 9 heteroatoms. The van der Waals surface area contributed by atoms with Crippen LogP contribution in [0.25, 0.3) is 0 Å². The fourth-order valence-corrected chi connectivity index (χ4v) is 3.00. The average molecular weight is 463 g/mol. The lowest BCUT2D eigenvalue weighted by atomic mass is 10.1. The molecule has 2 N–H and O–H groups in total. The first-order valence-electron chi connectivity index (χ1n) is 9.40. The first-order chi connectivity index (χ1) is 15.1. The number of rotatable bonds is 6.